The van der Waals surface area contributed by atoms with Crippen LogP contribution in [0.5, 0.6) is 11.5 Å². The van der Waals surface area contributed by atoms with Gasteiger partial charge in [0.25, 0.3) is 0 Å². The van der Waals surface area contributed by atoms with E-state index in [2.05, 4.69) is 17.0 Å². The summed E-state index contributed by atoms with van der Waals surface area (Å²) >= 11 is 5.45. The van der Waals surface area contributed by atoms with Crippen molar-refractivity contribution >= 4 is 16.8 Å². The highest BCUT2D eigenvalue weighted by atomic mass is 35.5. The number of para-hydroxylation sites is 1. The molecule has 0 aromatic heterocycles. The Balaban J connectivity index is 1.57. The number of carbonyl (C=O) groups excluding carboxylic acids is 1. The molecule has 3 rings (SSSR count). The summed E-state index contributed by atoms with van der Waals surface area (Å²) in [5.74, 6) is 2.24. The number of likely N-dealkylation sites (tertiary alicyclic amines) is 1. The zero-order chi connectivity index (χ0) is 16.1. The fourth-order valence-electron chi connectivity index (χ4n) is 3.03. The van der Waals surface area contributed by atoms with E-state index in [9.17, 15) is 4.79 Å². The highest BCUT2D eigenvalue weighted by molar-refractivity contribution is 6.64. The average Bonchev–Trinajstić information content (AvgIpc) is 2.57. The SMILES string of the molecule is O=C(Cl)CN1CCC(c2ccc(Oc3ccccc3)cc2)CC1. The number of hydrogen-bond donors (Lipinski definition) is 0. The van der Waals surface area contributed by atoms with Gasteiger partial charge in [0.15, 0.2) is 0 Å². The maximum atomic E-state index is 11.0. The first-order chi connectivity index (χ1) is 11.2. The van der Waals surface area contributed by atoms with Crippen LogP contribution in [0, 0.1) is 0 Å². The minimum Gasteiger partial charge on any atom is -0.457 e. The van der Waals surface area contributed by atoms with Crippen LogP contribution in [0.3, 0.4) is 0 Å². The average molecular weight is 330 g/mol. The van der Waals surface area contributed by atoms with Crippen molar-refractivity contribution in [3.05, 3.63) is 60.2 Å². The third kappa shape index (κ3) is 4.57. The second kappa shape index (κ2) is 7.62. The fourth-order valence-corrected chi connectivity index (χ4v) is 3.20. The first-order valence-corrected chi connectivity index (χ1v) is 8.32. The minimum absolute atomic E-state index is 0.272. The molecule has 0 unspecified atom stereocenters. The number of hydrogen-bond acceptors (Lipinski definition) is 3. The number of carbonyl (C=O) groups is 1. The molecule has 1 fully saturated rings. The van der Waals surface area contributed by atoms with E-state index in [-0.39, 0.29) is 5.24 Å². The van der Waals surface area contributed by atoms with Gasteiger partial charge in [0, 0.05) is 0 Å². The maximum absolute atomic E-state index is 11.0. The van der Waals surface area contributed by atoms with E-state index in [0.717, 1.165) is 37.4 Å². The quantitative estimate of drug-likeness (QED) is 0.760. The van der Waals surface area contributed by atoms with Gasteiger partial charge in [-0.25, -0.2) is 0 Å². The van der Waals surface area contributed by atoms with Crippen LogP contribution in [0.4, 0.5) is 0 Å². The summed E-state index contributed by atoms with van der Waals surface area (Å²) in [6.07, 6.45) is 2.12. The summed E-state index contributed by atoms with van der Waals surface area (Å²) < 4.78 is 5.82. The van der Waals surface area contributed by atoms with Gasteiger partial charge in [-0.05, 0) is 73.3 Å². The molecular formula is C19H20ClNO2. The predicted molar refractivity (Wildman–Crippen MR) is 92.2 cm³/mol. The summed E-state index contributed by atoms with van der Waals surface area (Å²) in [6, 6.07) is 18.1. The van der Waals surface area contributed by atoms with Gasteiger partial charge in [0.1, 0.15) is 11.5 Å². The fraction of sp³-hybridized carbons (Fsp3) is 0.316. The third-order valence-corrected chi connectivity index (χ3v) is 4.39. The Labute approximate surface area is 141 Å². The Hall–Kier alpha value is -1.84. The lowest BCUT2D eigenvalue weighted by molar-refractivity contribution is -0.113. The second-order valence-corrected chi connectivity index (χ2v) is 6.31. The number of ether oxygens (including phenoxy) is 1. The summed E-state index contributed by atoms with van der Waals surface area (Å²) in [6.45, 7) is 2.20. The molecule has 0 bridgehead atoms. The molecule has 0 atom stereocenters. The Morgan fingerprint density at radius 1 is 1.00 bits per heavy atom. The minimum atomic E-state index is -0.272. The van der Waals surface area contributed by atoms with Gasteiger partial charge in [0.2, 0.25) is 5.24 Å². The lowest BCUT2D eigenvalue weighted by Gasteiger charge is -2.31. The normalized spacial score (nSPS) is 16.2. The highest BCUT2D eigenvalue weighted by Gasteiger charge is 2.21. The van der Waals surface area contributed by atoms with Crippen LogP contribution in [-0.4, -0.2) is 29.8 Å². The Morgan fingerprint density at radius 2 is 1.61 bits per heavy atom. The highest BCUT2D eigenvalue weighted by Crippen LogP contribution is 2.30. The smallest absolute Gasteiger partial charge is 0.235 e. The van der Waals surface area contributed by atoms with E-state index in [1.54, 1.807) is 0 Å². The van der Waals surface area contributed by atoms with E-state index in [1.165, 1.54) is 5.56 Å². The molecule has 1 heterocycles. The van der Waals surface area contributed by atoms with Gasteiger partial charge in [-0.15, -0.1) is 0 Å². The molecule has 120 valence electrons. The molecule has 2 aromatic rings. The van der Waals surface area contributed by atoms with Crippen LogP contribution in [-0.2, 0) is 4.79 Å². The van der Waals surface area contributed by atoms with E-state index in [4.69, 9.17) is 16.3 Å². The predicted octanol–water partition coefficient (Wildman–Crippen LogP) is 4.42. The molecule has 0 saturated carbocycles. The lowest BCUT2D eigenvalue weighted by atomic mass is 9.89. The number of benzene rings is 2. The van der Waals surface area contributed by atoms with E-state index < -0.39 is 0 Å². The zero-order valence-corrected chi connectivity index (χ0v) is 13.7. The standard InChI is InChI=1S/C19H20ClNO2/c20-19(22)14-21-12-10-16(11-13-21)15-6-8-18(9-7-15)23-17-4-2-1-3-5-17/h1-9,16H,10-14H2. The molecule has 1 saturated heterocycles. The van der Waals surface area contributed by atoms with Crippen LogP contribution in [0.2, 0.25) is 0 Å². The van der Waals surface area contributed by atoms with Crippen LogP contribution in [0.25, 0.3) is 0 Å². The Morgan fingerprint density at radius 3 is 2.22 bits per heavy atom. The van der Waals surface area contributed by atoms with Crippen molar-refractivity contribution in [3.63, 3.8) is 0 Å². The molecule has 1 aliphatic rings. The molecule has 0 aliphatic carbocycles. The van der Waals surface area contributed by atoms with Crippen molar-refractivity contribution in [2.45, 2.75) is 18.8 Å². The zero-order valence-electron chi connectivity index (χ0n) is 13.0. The summed E-state index contributed by atoms with van der Waals surface area (Å²) in [4.78, 5) is 13.1. The second-order valence-electron chi connectivity index (χ2n) is 5.89. The maximum Gasteiger partial charge on any atom is 0.235 e. The van der Waals surface area contributed by atoms with Gasteiger partial charge in [0.05, 0.1) is 6.54 Å². The molecule has 23 heavy (non-hydrogen) atoms. The van der Waals surface area contributed by atoms with Gasteiger partial charge >= 0.3 is 0 Å². The molecule has 0 N–H and O–H groups in total. The van der Waals surface area contributed by atoms with Crippen molar-refractivity contribution in [1.29, 1.82) is 0 Å². The number of halogens is 1. The molecule has 4 heteroatoms. The topological polar surface area (TPSA) is 29.5 Å². The van der Waals surface area contributed by atoms with Crippen molar-refractivity contribution in [2.75, 3.05) is 19.6 Å². The largest absolute Gasteiger partial charge is 0.457 e. The summed E-state index contributed by atoms with van der Waals surface area (Å²) in [7, 11) is 0. The monoisotopic (exact) mass is 329 g/mol. The van der Waals surface area contributed by atoms with Gasteiger partial charge in [-0.1, -0.05) is 30.3 Å². The van der Waals surface area contributed by atoms with E-state index >= 15 is 0 Å². The van der Waals surface area contributed by atoms with Crippen molar-refractivity contribution in [2.24, 2.45) is 0 Å². The first kappa shape index (κ1) is 16.0. The van der Waals surface area contributed by atoms with E-state index in [1.807, 2.05) is 42.5 Å². The Kier molecular flexibility index (Phi) is 5.31. The number of piperidine rings is 1. The van der Waals surface area contributed by atoms with Gasteiger partial charge in [-0.3, -0.25) is 9.69 Å². The van der Waals surface area contributed by atoms with Crippen LogP contribution < -0.4 is 4.74 Å². The third-order valence-electron chi connectivity index (χ3n) is 4.27. The van der Waals surface area contributed by atoms with E-state index in [0.29, 0.717) is 12.5 Å². The van der Waals surface area contributed by atoms with Crippen molar-refractivity contribution in [1.82, 2.24) is 4.90 Å². The van der Waals surface area contributed by atoms with Gasteiger partial charge < -0.3 is 4.74 Å². The number of rotatable bonds is 5. The molecule has 0 amide bonds. The summed E-state index contributed by atoms with van der Waals surface area (Å²) in [5, 5.41) is -0.272. The molecule has 0 spiro atoms. The first-order valence-electron chi connectivity index (χ1n) is 7.94. The number of nitrogens with zero attached hydrogens (tertiary/aromatic N) is 1. The van der Waals surface area contributed by atoms with Gasteiger partial charge in [-0.2, -0.15) is 0 Å². The van der Waals surface area contributed by atoms with Crippen LogP contribution in [0.1, 0.15) is 24.3 Å². The molecule has 2 aromatic carbocycles. The van der Waals surface area contributed by atoms with Crippen molar-refractivity contribution < 1.29 is 9.53 Å². The molecular weight excluding hydrogens is 310 g/mol. The molecule has 1 aliphatic heterocycles. The Bertz CT molecular complexity index is 634. The molecule has 3 nitrogen and oxygen atoms in total. The van der Waals surface area contributed by atoms with Crippen molar-refractivity contribution in [3.8, 4) is 11.5 Å². The van der Waals surface area contributed by atoms with Crippen LogP contribution >= 0.6 is 11.6 Å². The molecule has 0 radical (unpaired) electrons. The van der Waals surface area contributed by atoms with Crippen LogP contribution in [0.15, 0.2) is 54.6 Å². The summed E-state index contributed by atoms with van der Waals surface area (Å²) in [5.41, 5.74) is 1.34. The lowest BCUT2D eigenvalue weighted by Crippen LogP contribution is -2.35.